The molecule has 2 aromatic carbocycles. The molecule has 3 nitrogen and oxygen atoms in total. The summed E-state index contributed by atoms with van der Waals surface area (Å²) in [4.78, 5) is 0. The lowest BCUT2D eigenvalue weighted by Crippen LogP contribution is -2.35. The van der Waals surface area contributed by atoms with E-state index < -0.39 is 5.60 Å². The van der Waals surface area contributed by atoms with Crippen molar-refractivity contribution in [3.8, 4) is 0 Å². The molecule has 1 unspecified atom stereocenters. The molecule has 21 heavy (non-hydrogen) atoms. The molecule has 3 rings (SSSR count). The monoisotopic (exact) mass is 281 g/mol. The minimum Gasteiger partial charge on any atom is -0.464 e. The summed E-state index contributed by atoms with van der Waals surface area (Å²) >= 11 is 0. The van der Waals surface area contributed by atoms with Crippen LogP contribution >= 0.6 is 0 Å². The molecule has 0 saturated heterocycles. The minimum absolute atomic E-state index is 0.483. The van der Waals surface area contributed by atoms with Gasteiger partial charge in [-0.05, 0) is 18.6 Å². The van der Waals surface area contributed by atoms with Crippen LogP contribution in [0.25, 0.3) is 11.0 Å². The van der Waals surface area contributed by atoms with Gasteiger partial charge in [0.2, 0.25) is 0 Å². The molecule has 0 aliphatic heterocycles. The Balaban J connectivity index is 1.66. The zero-order chi connectivity index (χ0) is 14.7. The number of rotatable bonds is 5. The van der Waals surface area contributed by atoms with Crippen LogP contribution in [0.3, 0.4) is 0 Å². The molecule has 3 heteroatoms. The van der Waals surface area contributed by atoms with Crippen molar-refractivity contribution in [1.29, 1.82) is 0 Å². The molecule has 0 aliphatic rings. The predicted octanol–water partition coefficient (Wildman–Crippen LogP) is 3.43. The lowest BCUT2D eigenvalue weighted by molar-refractivity contribution is 0.0567. The van der Waals surface area contributed by atoms with Crippen LogP contribution in [-0.4, -0.2) is 11.7 Å². The molecule has 0 spiro atoms. The van der Waals surface area contributed by atoms with E-state index in [0.717, 1.165) is 22.1 Å². The number of nitrogens with one attached hydrogen (secondary N) is 1. The van der Waals surface area contributed by atoms with Crippen molar-refractivity contribution in [1.82, 2.24) is 5.32 Å². The summed E-state index contributed by atoms with van der Waals surface area (Å²) in [5, 5.41) is 15.0. The lowest BCUT2D eigenvalue weighted by atomic mass is 9.96. The molecule has 108 valence electrons. The first kappa shape index (κ1) is 13.9. The number of furan rings is 1. The Bertz CT molecular complexity index is 716. The number of aliphatic hydroxyl groups is 1. The molecule has 3 aromatic rings. The summed E-state index contributed by atoms with van der Waals surface area (Å²) in [7, 11) is 0. The summed E-state index contributed by atoms with van der Waals surface area (Å²) in [6.07, 6.45) is 1.77. The maximum absolute atomic E-state index is 10.5. The van der Waals surface area contributed by atoms with Gasteiger partial charge in [-0.2, -0.15) is 0 Å². The summed E-state index contributed by atoms with van der Waals surface area (Å²) in [5.74, 6) is 0. The summed E-state index contributed by atoms with van der Waals surface area (Å²) in [6, 6.07) is 17.7. The summed E-state index contributed by atoms with van der Waals surface area (Å²) in [6.45, 7) is 2.97. The van der Waals surface area contributed by atoms with Crippen LogP contribution in [0.1, 0.15) is 18.1 Å². The molecule has 1 atom stereocenters. The molecule has 0 saturated carbocycles. The Hall–Kier alpha value is -2.10. The van der Waals surface area contributed by atoms with Gasteiger partial charge in [0.1, 0.15) is 5.58 Å². The van der Waals surface area contributed by atoms with E-state index >= 15 is 0 Å². The summed E-state index contributed by atoms with van der Waals surface area (Å²) in [5.41, 5.74) is 2.02. The molecule has 2 N–H and O–H groups in total. The van der Waals surface area contributed by atoms with Gasteiger partial charge in [0.15, 0.2) is 0 Å². The minimum atomic E-state index is -0.888. The van der Waals surface area contributed by atoms with Gasteiger partial charge in [0, 0.05) is 24.0 Å². The molecule has 0 fully saturated rings. The van der Waals surface area contributed by atoms with Gasteiger partial charge in [-0.1, -0.05) is 48.5 Å². The normalized spacial score (nSPS) is 14.2. The molecule has 0 radical (unpaired) electrons. The van der Waals surface area contributed by atoms with Crippen molar-refractivity contribution >= 4 is 11.0 Å². The maximum atomic E-state index is 10.5. The Labute approximate surface area is 124 Å². The van der Waals surface area contributed by atoms with Crippen molar-refractivity contribution in [2.24, 2.45) is 0 Å². The number of hydrogen-bond donors (Lipinski definition) is 2. The van der Waals surface area contributed by atoms with Gasteiger partial charge in [0.05, 0.1) is 11.9 Å². The van der Waals surface area contributed by atoms with E-state index in [1.165, 1.54) is 0 Å². The average Bonchev–Trinajstić information content (AvgIpc) is 2.92. The summed E-state index contributed by atoms with van der Waals surface area (Å²) < 4.78 is 5.51. The quantitative estimate of drug-likeness (QED) is 0.753. The second-order valence-electron chi connectivity index (χ2n) is 5.50. The number of benzene rings is 2. The zero-order valence-electron chi connectivity index (χ0n) is 12.0. The highest BCUT2D eigenvalue weighted by Crippen LogP contribution is 2.22. The first-order valence-electron chi connectivity index (χ1n) is 7.10. The van der Waals surface area contributed by atoms with Crippen molar-refractivity contribution in [3.05, 3.63) is 72.0 Å². The molecule has 0 bridgehead atoms. The average molecular weight is 281 g/mol. The second kappa shape index (κ2) is 5.72. The van der Waals surface area contributed by atoms with E-state index in [1.54, 1.807) is 6.26 Å². The molecular weight excluding hydrogens is 262 g/mol. The topological polar surface area (TPSA) is 45.4 Å². The largest absolute Gasteiger partial charge is 0.464 e. The van der Waals surface area contributed by atoms with Crippen molar-refractivity contribution in [2.75, 3.05) is 6.54 Å². The van der Waals surface area contributed by atoms with Crippen LogP contribution in [0.5, 0.6) is 0 Å². The fourth-order valence-electron chi connectivity index (χ4n) is 2.51. The van der Waals surface area contributed by atoms with E-state index in [9.17, 15) is 5.11 Å². The number of fused-ring (bicyclic) bond motifs is 1. The fourth-order valence-corrected chi connectivity index (χ4v) is 2.51. The zero-order valence-corrected chi connectivity index (χ0v) is 12.0. The molecule has 0 aliphatic carbocycles. The molecule has 0 amide bonds. The third-order valence-corrected chi connectivity index (χ3v) is 3.74. The van der Waals surface area contributed by atoms with Crippen LogP contribution in [0.2, 0.25) is 0 Å². The van der Waals surface area contributed by atoms with E-state index in [0.29, 0.717) is 13.1 Å². The van der Waals surface area contributed by atoms with E-state index in [4.69, 9.17) is 4.42 Å². The van der Waals surface area contributed by atoms with Crippen LogP contribution in [0.15, 0.2) is 65.3 Å². The second-order valence-corrected chi connectivity index (χ2v) is 5.50. The third kappa shape index (κ3) is 2.99. The lowest BCUT2D eigenvalue weighted by Gasteiger charge is -2.24. The highest BCUT2D eigenvalue weighted by atomic mass is 16.3. The van der Waals surface area contributed by atoms with Crippen LogP contribution in [0, 0.1) is 0 Å². The molecule has 1 heterocycles. The van der Waals surface area contributed by atoms with Crippen molar-refractivity contribution in [2.45, 2.75) is 19.1 Å². The van der Waals surface area contributed by atoms with E-state index in [-0.39, 0.29) is 0 Å². The van der Waals surface area contributed by atoms with Crippen LogP contribution < -0.4 is 5.32 Å². The first-order valence-corrected chi connectivity index (χ1v) is 7.10. The third-order valence-electron chi connectivity index (χ3n) is 3.74. The molecular formula is C18H19NO2. The predicted molar refractivity (Wildman–Crippen MR) is 83.9 cm³/mol. The van der Waals surface area contributed by atoms with Gasteiger partial charge in [0.25, 0.3) is 0 Å². The SMILES string of the molecule is CC(O)(CNCc1coc2ccccc12)c1ccccc1. The van der Waals surface area contributed by atoms with Crippen LogP contribution in [0.4, 0.5) is 0 Å². The van der Waals surface area contributed by atoms with Crippen molar-refractivity contribution < 1.29 is 9.52 Å². The maximum Gasteiger partial charge on any atom is 0.134 e. The standard InChI is InChI=1S/C18H19NO2/c1-18(20,15-7-3-2-4-8-15)13-19-11-14-12-21-17-10-6-5-9-16(14)17/h2-10,12,19-20H,11,13H2,1H3. The first-order chi connectivity index (χ1) is 10.2. The highest BCUT2D eigenvalue weighted by molar-refractivity contribution is 5.80. The number of para-hydroxylation sites is 1. The Morgan fingerprint density at radius 2 is 1.76 bits per heavy atom. The highest BCUT2D eigenvalue weighted by Gasteiger charge is 2.22. The van der Waals surface area contributed by atoms with Gasteiger partial charge in [-0.25, -0.2) is 0 Å². The Kier molecular flexibility index (Phi) is 3.78. The molecule has 1 aromatic heterocycles. The van der Waals surface area contributed by atoms with E-state index in [2.05, 4.69) is 5.32 Å². The van der Waals surface area contributed by atoms with Crippen molar-refractivity contribution in [3.63, 3.8) is 0 Å². The number of hydrogen-bond acceptors (Lipinski definition) is 3. The fraction of sp³-hybridized carbons (Fsp3) is 0.222. The van der Waals surface area contributed by atoms with Gasteiger partial charge in [-0.15, -0.1) is 0 Å². The van der Waals surface area contributed by atoms with Gasteiger partial charge >= 0.3 is 0 Å². The smallest absolute Gasteiger partial charge is 0.134 e. The van der Waals surface area contributed by atoms with Gasteiger partial charge < -0.3 is 14.8 Å². The van der Waals surface area contributed by atoms with Gasteiger partial charge in [-0.3, -0.25) is 0 Å². The Morgan fingerprint density at radius 3 is 2.57 bits per heavy atom. The van der Waals surface area contributed by atoms with Crippen LogP contribution in [-0.2, 0) is 12.1 Å². The Morgan fingerprint density at radius 1 is 1.05 bits per heavy atom. The van der Waals surface area contributed by atoms with E-state index in [1.807, 2.05) is 61.5 Å².